The SMILES string of the molecule is COc1cc(C(C)NC(=O)CCCc2ccc(C)cc2)ccc1OCc1ccncc1. The lowest BCUT2D eigenvalue weighted by Gasteiger charge is -2.17. The average molecular weight is 419 g/mol. The van der Waals surface area contributed by atoms with Crippen LogP contribution in [-0.2, 0) is 17.8 Å². The van der Waals surface area contributed by atoms with Gasteiger partial charge in [0.25, 0.3) is 0 Å². The predicted molar refractivity (Wildman–Crippen MR) is 122 cm³/mol. The van der Waals surface area contributed by atoms with E-state index in [0.29, 0.717) is 24.5 Å². The van der Waals surface area contributed by atoms with Crippen LogP contribution in [0.5, 0.6) is 11.5 Å². The highest BCUT2D eigenvalue weighted by Crippen LogP contribution is 2.31. The van der Waals surface area contributed by atoms with Crippen molar-refractivity contribution in [3.63, 3.8) is 0 Å². The summed E-state index contributed by atoms with van der Waals surface area (Å²) in [7, 11) is 1.62. The van der Waals surface area contributed by atoms with E-state index in [2.05, 4.69) is 41.5 Å². The van der Waals surface area contributed by atoms with Crippen LogP contribution < -0.4 is 14.8 Å². The van der Waals surface area contributed by atoms with Crippen molar-refractivity contribution in [2.75, 3.05) is 7.11 Å². The van der Waals surface area contributed by atoms with Crippen LogP contribution in [0.25, 0.3) is 0 Å². The van der Waals surface area contributed by atoms with E-state index in [-0.39, 0.29) is 11.9 Å². The minimum atomic E-state index is -0.116. The number of amides is 1. The third kappa shape index (κ3) is 6.85. The summed E-state index contributed by atoms with van der Waals surface area (Å²) in [6.07, 6.45) is 5.71. The predicted octanol–water partition coefficient (Wildman–Crippen LogP) is 5.18. The molecule has 1 N–H and O–H groups in total. The van der Waals surface area contributed by atoms with Gasteiger partial charge in [-0.05, 0) is 67.6 Å². The highest BCUT2D eigenvalue weighted by molar-refractivity contribution is 5.76. The number of methoxy groups -OCH3 is 1. The number of ether oxygens (including phenoxy) is 2. The number of rotatable bonds is 10. The Hall–Kier alpha value is -3.34. The quantitative estimate of drug-likeness (QED) is 0.493. The van der Waals surface area contributed by atoms with Crippen molar-refractivity contribution in [1.82, 2.24) is 10.3 Å². The van der Waals surface area contributed by atoms with Crippen LogP contribution in [0.15, 0.2) is 67.0 Å². The van der Waals surface area contributed by atoms with Crippen molar-refractivity contribution in [1.29, 1.82) is 0 Å². The number of aryl methyl sites for hydroxylation is 2. The van der Waals surface area contributed by atoms with Gasteiger partial charge >= 0.3 is 0 Å². The molecule has 0 bridgehead atoms. The molecule has 0 spiro atoms. The van der Waals surface area contributed by atoms with Crippen LogP contribution in [0.1, 0.15) is 48.1 Å². The van der Waals surface area contributed by atoms with Crippen LogP contribution >= 0.6 is 0 Å². The van der Waals surface area contributed by atoms with E-state index in [1.165, 1.54) is 11.1 Å². The van der Waals surface area contributed by atoms with Gasteiger partial charge in [0, 0.05) is 18.8 Å². The van der Waals surface area contributed by atoms with Gasteiger partial charge in [-0.15, -0.1) is 0 Å². The van der Waals surface area contributed by atoms with Crippen molar-refractivity contribution in [2.24, 2.45) is 0 Å². The molecule has 0 radical (unpaired) electrons. The van der Waals surface area contributed by atoms with Crippen LogP contribution in [0.2, 0.25) is 0 Å². The van der Waals surface area contributed by atoms with Gasteiger partial charge in [-0.25, -0.2) is 0 Å². The molecule has 1 heterocycles. The van der Waals surface area contributed by atoms with Crippen molar-refractivity contribution in [3.8, 4) is 11.5 Å². The Morgan fingerprint density at radius 3 is 2.45 bits per heavy atom. The lowest BCUT2D eigenvalue weighted by Crippen LogP contribution is -2.26. The number of carbonyl (C=O) groups is 1. The molecule has 1 unspecified atom stereocenters. The minimum Gasteiger partial charge on any atom is -0.493 e. The summed E-state index contributed by atoms with van der Waals surface area (Å²) in [6.45, 7) is 4.49. The number of nitrogens with one attached hydrogen (secondary N) is 1. The molecule has 3 rings (SSSR count). The molecule has 5 heteroatoms. The molecule has 1 atom stereocenters. The Morgan fingerprint density at radius 2 is 1.74 bits per heavy atom. The first-order chi connectivity index (χ1) is 15.0. The van der Waals surface area contributed by atoms with Crippen LogP contribution in [0, 0.1) is 6.92 Å². The first-order valence-corrected chi connectivity index (χ1v) is 10.6. The molecule has 0 aliphatic heterocycles. The fraction of sp³-hybridized carbons (Fsp3) is 0.308. The molecule has 0 aliphatic rings. The second-order valence-electron chi connectivity index (χ2n) is 7.68. The molecule has 0 aliphatic carbocycles. The number of hydrogen-bond donors (Lipinski definition) is 1. The van der Waals surface area contributed by atoms with E-state index in [1.54, 1.807) is 19.5 Å². The van der Waals surface area contributed by atoms with Crippen molar-refractivity contribution < 1.29 is 14.3 Å². The molecule has 2 aromatic carbocycles. The zero-order chi connectivity index (χ0) is 22.1. The summed E-state index contributed by atoms with van der Waals surface area (Å²) in [6, 6.07) is 17.9. The number of aromatic nitrogens is 1. The maximum absolute atomic E-state index is 12.4. The summed E-state index contributed by atoms with van der Waals surface area (Å²) >= 11 is 0. The van der Waals surface area contributed by atoms with Crippen LogP contribution in [-0.4, -0.2) is 18.0 Å². The third-order valence-electron chi connectivity index (χ3n) is 5.20. The third-order valence-corrected chi connectivity index (χ3v) is 5.20. The molecule has 162 valence electrons. The molecule has 3 aromatic rings. The highest BCUT2D eigenvalue weighted by atomic mass is 16.5. The lowest BCUT2D eigenvalue weighted by molar-refractivity contribution is -0.121. The molecule has 0 fully saturated rings. The number of hydrogen-bond acceptors (Lipinski definition) is 4. The summed E-state index contributed by atoms with van der Waals surface area (Å²) in [5.41, 5.74) is 4.52. The summed E-state index contributed by atoms with van der Waals surface area (Å²) < 4.78 is 11.4. The van der Waals surface area contributed by atoms with Crippen LogP contribution in [0.3, 0.4) is 0 Å². The van der Waals surface area contributed by atoms with Gasteiger partial charge in [0.15, 0.2) is 11.5 Å². The Balaban J connectivity index is 1.51. The van der Waals surface area contributed by atoms with E-state index in [9.17, 15) is 4.79 Å². The van der Waals surface area contributed by atoms with Crippen molar-refractivity contribution in [3.05, 3.63) is 89.2 Å². The monoisotopic (exact) mass is 418 g/mol. The van der Waals surface area contributed by atoms with Gasteiger partial charge in [-0.3, -0.25) is 9.78 Å². The molecule has 31 heavy (non-hydrogen) atoms. The summed E-state index contributed by atoms with van der Waals surface area (Å²) in [5, 5.41) is 3.08. The normalized spacial score (nSPS) is 11.6. The second kappa shape index (κ2) is 11.2. The lowest BCUT2D eigenvalue weighted by atomic mass is 10.1. The Bertz CT molecular complexity index is 972. The van der Waals surface area contributed by atoms with E-state index in [0.717, 1.165) is 24.0 Å². The average Bonchev–Trinajstić information content (AvgIpc) is 2.79. The molecule has 5 nitrogen and oxygen atoms in total. The van der Waals surface area contributed by atoms with Gasteiger partial charge in [0.2, 0.25) is 5.91 Å². The Kier molecular flexibility index (Phi) is 8.05. The van der Waals surface area contributed by atoms with Crippen molar-refractivity contribution >= 4 is 5.91 Å². The summed E-state index contributed by atoms with van der Waals surface area (Å²) in [4.78, 5) is 16.4. The van der Waals surface area contributed by atoms with Gasteiger partial charge in [0.1, 0.15) is 6.61 Å². The number of carbonyl (C=O) groups excluding carboxylic acids is 1. The van der Waals surface area contributed by atoms with Gasteiger partial charge in [-0.1, -0.05) is 35.9 Å². The van der Waals surface area contributed by atoms with Gasteiger partial charge in [-0.2, -0.15) is 0 Å². The zero-order valence-electron chi connectivity index (χ0n) is 18.4. The zero-order valence-corrected chi connectivity index (χ0v) is 18.4. The maximum atomic E-state index is 12.4. The van der Waals surface area contributed by atoms with Gasteiger partial charge < -0.3 is 14.8 Å². The second-order valence-corrected chi connectivity index (χ2v) is 7.68. The molecular formula is C26H30N2O3. The standard InChI is InChI=1S/C26H30N2O3/c1-19-7-9-21(10-8-19)5-4-6-26(29)28-20(2)23-11-12-24(25(17-23)30-3)31-18-22-13-15-27-16-14-22/h7-17,20H,4-6,18H2,1-3H3,(H,28,29). The smallest absolute Gasteiger partial charge is 0.220 e. The molecule has 0 saturated carbocycles. The van der Waals surface area contributed by atoms with E-state index in [1.807, 2.05) is 37.3 Å². The van der Waals surface area contributed by atoms with E-state index in [4.69, 9.17) is 9.47 Å². The molecule has 1 aromatic heterocycles. The summed E-state index contributed by atoms with van der Waals surface area (Å²) in [5.74, 6) is 1.36. The fourth-order valence-electron chi connectivity index (χ4n) is 3.32. The minimum absolute atomic E-state index is 0.0524. The number of pyridine rings is 1. The highest BCUT2D eigenvalue weighted by Gasteiger charge is 2.13. The number of benzene rings is 2. The maximum Gasteiger partial charge on any atom is 0.220 e. The molecule has 0 saturated heterocycles. The van der Waals surface area contributed by atoms with Crippen molar-refractivity contribution in [2.45, 2.75) is 45.8 Å². The van der Waals surface area contributed by atoms with E-state index < -0.39 is 0 Å². The molecular weight excluding hydrogens is 388 g/mol. The number of nitrogens with zero attached hydrogens (tertiary/aromatic N) is 1. The fourth-order valence-corrected chi connectivity index (χ4v) is 3.32. The Labute approximate surface area is 184 Å². The van der Waals surface area contributed by atoms with Crippen LogP contribution in [0.4, 0.5) is 0 Å². The largest absolute Gasteiger partial charge is 0.493 e. The Morgan fingerprint density at radius 1 is 1.00 bits per heavy atom. The van der Waals surface area contributed by atoms with Gasteiger partial charge in [0.05, 0.1) is 13.2 Å². The first-order valence-electron chi connectivity index (χ1n) is 10.6. The molecule has 1 amide bonds. The van der Waals surface area contributed by atoms with E-state index >= 15 is 0 Å². The topological polar surface area (TPSA) is 60.5 Å². The first kappa shape index (κ1) is 22.3.